The molecule has 0 aromatic heterocycles. The largest absolute Gasteiger partial charge is 0.508 e. The van der Waals surface area contributed by atoms with Gasteiger partial charge >= 0.3 is 0 Å². The number of aryl methyl sites for hydroxylation is 1. The molecule has 0 radical (unpaired) electrons. The van der Waals surface area contributed by atoms with Gasteiger partial charge in [0.1, 0.15) is 5.75 Å². The zero-order chi connectivity index (χ0) is 13.1. The van der Waals surface area contributed by atoms with Crippen molar-refractivity contribution in [3.63, 3.8) is 0 Å². The van der Waals surface area contributed by atoms with Gasteiger partial charge < -0.3 is 15.9 Å². The molecule has 1 fully saturated rings. The second-order valence-corrected chi connectivity index (χ2v) is 5.48. The fraction of sp³-hybridized carbons (Fsp3) is 0.600. The average Bonchev–Trinajstić information content (AvgIpc) is 2.38. The standard InChI is InChI=1S/C15H23NO2.ClH/c1-10-7-8-12(13(17)9-10)14(16)15(18)11-5-3-2-4-6-11;/h7-9,11,14-15,17-18H,2-6,16H2,1H3;1H/t14-,15+;/m1./s1. The van der Waals surface area contributed by atoms with Crippen LogP contribution in [-0.4, -0.2) is 16.3 Å². The number of benzene rings is 1. The van der Waals surface area contributed by atoms with Crippen LogP contribution in [-0.2, 0) is 0 Å². The van der Waals surface area contributed by atoms with Crippen LogP contribution in [0.2, 0.25) is 0 Å². The van der Waals surface area contributed by atoms with Gasteiger partial charge in [0.2, 0.25) is 0 Å². The molecule has 1 aromatic rings. The Hall–Kier alpha value is -0.770. The van der Waals surface area contributed by atoms with E-state index in [9.17, 15) is 10.2 Å². The van der Waals surface area contributed by atoms with Crippen molar-refractivity contribution in [2.45, 2.75) is 51.2 Å². The van der Waals surface area contributed by atoms with Crippen molar-refractivity contribution in [2.24, 2.45) is 11.7 Å². The maximum absolute atomic E-state index is 10.4. The number of aromatic hydroxyl groups is 1. The van der Waals surface area contributed by atoms with Gasteiger partial charge in [-0.05, 0) is 37.3 Å². The van der Waals surface area contributed by atoms with Crippen LogP contribution in [0.5, 0.6) is 5.75 Å². The minimum absolute atomic E-state index is 0. The molecule has 0 aliphatic heterocycles. The molecule has 2 atom stereocenters. The first-order valence-electron chi connectivity index (χ1n) is 6.83. The molecule has 2 rings (SSSR count). The molecule has 3 nitrogen and oxygen atoms in total. The zero-order valence-electron chi connectivity index (χ0n) is 11.4. The van der Waals surface area contributed by atoms with E-state index in [1.165, 1.54) is 19.3 Å². The Morgan fingerprint density at radius 1 is 1.21 bits per heavy atom. The lowest BCUT2D eigenvalue weighted by molar-refractivity contribution is 0.0611. The minimum atomic E-state index is -0.557. The number of aliphatic hydroxyl groups excluding tert-OH is 1. The van der Waals surface area contributed by atoms with Crippen molar-refractivity contribution < 1.29 is 10.2 Å². The van der Waals surface area contributed by atoms with E-state index in [-0.39, 0.29) is 24.1 Å². The number of hydrogen-bond donors (Lipinski definition) is 3. The zero-order valence-corrected chi connectivity index (χ0v) is 12.2. The van der Waals surface area contributed by atoms with E-state index in [2.05, 4.69) is 0 Å². The highest BCUT2D eigenvalue weighted by atomic mass is 35.5. The highest BCUT2D eigenvalue weighted by Gasteiger charge is 2.28. The number of nitrogens with two attached hydrogens (primary N) is 1. The van der Waals surface area contributed by atoms with E-state index < -0.39 is 12.1 Å². The molecule has 0 heterocycles. The SMILES string of the molecule is Cc1ccc([C@@H](N)[C@@H](O)C2CCCCC2)c(O)c1.Cl. The number of halogens is 1. The van der Waals surface area contributed by atoms with Gasteiger partial charge in [-0.2, -0.15) is 0 Å². The van der Waals surface area contributed by atoms with Crippen LogP contribution in [0.15, 0.2) is 18.2 Å². The first kappa shape index (κ1) is 16.3. The molecule has 0 unspecified atom stereocenters. The van der Waals surface area contributed by atoms with E-state index in [0.717, 1.165) is 18.4 Å². The summed E-state index contributed by atoms with van der Waals surface area (Å²) >= 11 is 0. The Kier molecular flexibility index (Phi) is 6.11. The Morgan fingerprint density at radius 2 is 1.84 bits per heavy atom. The van der Waals surface area contributed by atoms with Gasteiger partial charge in [0, 0.05) is 5.56 Å². The molecule has 1 aromatic carbocycles. The van der Waals surface area contributed by atoms with Crippen molar-refractivity contribution in [1.29, 1.82) is 0 Å². The summed E-state index contributed by atoms with van der Waals surface area (Å²) in [6, 6.07) is 4.95. The summed E-state index contributed by atoms with van der Waals surface area (Å²) in [4.78, 5) is 0. The third-order valence-electron chi connectivity index (χ3n) is 4.05. The maximum atomic E-state index is 10.4. The molecular weight excluding hydrogens is 262 g/mol. The smallest absolute Gasteiger partial charge is 0.120 e. The Balaban J connectivity index is 0.00000180. The van der Waals surface area contributed by atoms with Gasteiger partial charge in [-0.15, -0.1) is 12.4 Å². The first-order valence-corrected chi connectivity index (χ1v) is 6.83. The van der Waals surface area contributed by atoms with Crippen molar-refractivity contribution >= 4 is 12.4 Å². The number of aliphatic hydroxyl groups is 1. The van der Waals surface area contributed by atoms with Crippen molar-refractivity contribution in [2.75, 3.05) is 0 Å². The number of phenols is 1. The monoisotopic (exact) mass is 285 g/mol. The first-order chi connectivity index (χ1) is 8.59. The Labute approximate surface area is 121 Å². The predicted octanol–water partition coefficient (Wildman–Crippen LogP) is 3.06. The molecule has 1 saturated carbocycles. The molecule has 4 N–H and O–H groups in total. The lowest BCUT2D eigenvalue weighted by Gasteiger charge is -2.30. The van der Waals surface area contributed by atoms with Crippen LogP contribution in [0.1, 0.15) is 49.3 Å². The Bertz CT molecular complexity index is 405. The summed E-state index contributed by atoms with van der Waals surface area (Å²) in [5.74, 6) is 0.465. The van der Waals surface area contributed by atoms with Gasteiger partial charge in [-0.1, -0.05) is 31.4 Å². The highest BCUT2D eigenvalue weighted by Crippen LogP contribution is 2.34. The third-order valence-corrected chi connectivity index (χ3v) is 4.05. The summed E-state index contributed by atoms with van der Waals surface area (Å²) in [6.07, 6.45) is 5.14. The van der Waals surface area contributed by atoms with E-state index >= 15 is 0 Å². The summed E-state index contributed by atoms with van der Waals surface area (Å²) in [7, 11) is 0. The van der Waals surface area contributed by atoms with Crippen molar-refractivity contribution in [3.05, 3.63) is 29.3 Å². The molecular formula is C15H24ClNO2. The van der Waals surface area contributed by atoms with Crippen LogP contribution in [0.4, 0.5) is 0 Å². The maximum Gasteiger partial charge on any atom is 0.120 e. The average molecular weight is 286 g/mol. The van der Waals surface area contributed by atoms with Crippen molar-refractivity contribution in [3.8, 4) is 5.75 Å². The lowest BCUT2D eigenvalue weighted by atomic mass is 9.81. The molecule has 1 aliphatic carbocycles. The van der Waals surface area contributed by atoms with E-state index in [1.807, 2.05) is 19.1 Å². The Morgan fingerprint density at radius 3 is 2.42 bits per heavy atom. The molecule has 19 heavy (non-hydrogen) atoms. The summed E-state index contributed by atoms with van der Waals surface area (Å²) in [5, 5.41) is 20.3. The van der Waals surface area contributed by atoms with Crippen LogP contribution in [0.3, 0.4) is 0 Å². The van der Waals surface area contributed by atoms with Gasteiger partial charge in [-0.25, -0.2) is 0 Å². The molecule has 108 valence electrons. The summed E-state index contributed by atoms with van der Waals surface area (Å²) in [5.41, 5.74) is 7.76. The second kappa shape index (κ2) is 7.13. The fourth-order valence-electron chi connectivity index (χ4n) is 2.89. The summed E-state index contributed by atoms with van der Waals surface area (Å²) < 4.78 is 0. The predicted molar refractivity (Wildman–Crippen MR) is 79.6 cm³/mol. The molecule has 0 saturated heterocycles. The van der Waals surface area contributed by atoms with Gasteiger partial charge in [0.15, 0.2) is 0 Å². The number of phenolic OH excluding ortho intramolecular Hbond substituents is 1. The molecule has 4 heteroatoms. The van der Waals surface area contributed by atoms with E-state index in [1.54, 1.807) is 6.07 Å². The van der Waals surface area contributed by atoms with E-state index in [4.69, 9.17) is 5.73 Å². The van der Waals surface area contributed by atoms with Crippen LogP contribution < -0.4 is 5.73 Å². The number of hydrogen-bond acceptors (Lipinski definition) is 3. The summed E-state index contributed by atoms with van der Waals surface area (Å²) in [6.45, 7) is 1.92. The van der Waals surface area contributed by atoms with Crippen molar-refractivity contribution in [1.82, 2.24) is 0 Å². The molecule has 0 bridgehead atoms. The fourth-order valence-corrected chi connectivity index (χ4v) is 2.89. The normalized spacial score (nSPS) is 19.5. The van der Waals surface area contributed by atoms with Crippen LogP contribution in [0, 0.1) is 12.8 Å². The van der Waals surface area contributed by atoms with Gasteiger partial charge in [0.25, 0.3) is 0 Å². The lowest BCUT2D eigenvalue weighted by Crippen LogP contribution is -2.34. The van der Waals surface area contributed by atoms with E-state index in [0.29, 0.717) is 5.56 Å². The van der Waals surface area contributed by atoms with Crippen LogP contribution >= 0.6 is 12.4 Å². The quantitative estimate of drug-likeness (QED) is 0.799. The second-order valence-electron chi connectivity index (χ2n) is 5.48. The van der Waals surface area contributed by atoms with Crippen LogP contribution in [0.25, 0.3) is 0 Å². The number of rotatable bonds is 3. The molecule has 0 amide bonds. The minimum Gasteiger partial charge on any atom is -0.508 e. The molecule has 1 aliphatic rings. The highest BCUT2D eigenvalue weighted by molar-refractivity contribution is 5.85. The van der Waals surface area contributed by atoms with Gasteiger partial charge in [-0.3, -0.25) is 0 Å². The third kappa shape index (κ3) is 3.85. The topological polar surface area (TPSA) is 66.5 Å². The van der Waals surface area contributed by atoms with Gasteiger partial charge in [0.05, 0.1) is 12.1 Å². The molecule has 0 spiro atoms.